The van der Waals surface area contributed by atoms with Crippen LogP contribution in [0.3, 0.4) is 0 Å². The van der Waals surface area contributed by atoms with E-state index in [1.54, 1.807) is 6.92 Å². The molecule has 7 nitrogen and oxygen atoms in total. The van der Waals surface area contributed by atoms with Gasteiger partial charge in [0.1, 0.15) is 32.4 Å². The molecule has 0 radical (unpaired) electrons. The Morgan fingerprint density at radius 3 is 2.50 bits per heavy atom. The molecule has 1 atom stereocenters. The Morgan fingerprint density at radius 2 is 2.00 bits per heavy atom. The van der Waals surface area contributed by atoms with Gasteiger partial charge in [-0.25, -0.2) is 13.4 Å². The number of carbonyl (C=O) groups excluding carboxylic acids is 1. The van der Waals surface area contributed by atoms with Gasteiger partial charge in [0.2, 0.25) is 0 Å². The number of quaternary nitrogens is 1. The van der Waals surface area contributed by atoms with Crippen LogP contribution in [0.4, 0.5) is 19.0 Å². The molecular formula is C17H25F3N4O3S+2. The summed E-state index contributed by atoms with van der Waals surface area (Å²) < 4.78 is 61.2. The number of carbonyl (C=O) groups is 1. The fourth-order valence-corrected chi connectivity index (χ4v) is 5.84. The number of hydrogen-bond acceptors (Lipinski definition) is 4. The maximum Gasteiger partial charge on any atom is 0.419 e. The van der Waals surface area contributed by atoms with Crippen molar-refractivity contribution in [1.29, 1.82) is 0 Å². The van der Waals surface area contributed by atoms with E-state index in [4.69, 9.17) is 0 Å². The standard InChI is InChI=1S/C17H23F3N4O3S/c1-16(4-9-28(26,27)12-16)22-15(25)11-23-5-7-24(8-6-23)14-3-2-13(10-21-14)17(18,19)20/h2-3,10H,4-9,11-12H2,1H3,(H,22,25)/p+2/t16-/m1/s1. The molecule has 0 aliphatic carbocycles. The van der Waals surface area contributed by atoms with Crippen molar-refractivity contribution in [2.75, 3.05) is 49.1 Å². The number of aromatic nitrogens is 1. The van der Waals surface area contributed by atoms with Crippen molar-refractivity contribution in [1.82, 2.24) is 5.32 Å². The first-order chi connectivity index (χ1) is 13.0. The van der Waals surface area contributed by atoms with Gasteiger partial charge >= 0.3 is 6.18 Å². The van der Waals surface area contributed by atoms with Crippen molar-refractivity contribution in [3.05, 3.63) is 23.9 Å². The molecule has 2 aliphatic rings. The van der Waals surface area contributed by atoms with Gasteiger partial charge in [0.25, 0.3) is 11.7 Å². The lowest BCUT2D eigenvalue weighted by molar-refractivity contribution is -0.892. The first kappa shape index (κ1) is 20.8. The van der Waals surface area contributed by atoms with Gasteiger partial charge in [-0.3, -0.25) is 9.69 Å². The third-order valence-corrected chi connectivity index (χ3v) is 7.19. The number of anilines is 1. The molecule has 2 saturated heterocycles. The lowest BCUT2D eigenvalue weighted by atomic mass is 10.0. The van der Waals surface area contributed by atoms with E-state index in [-0.39, 0.29) is 24.0 Å². The first-order valence-corrected chi connectivity index (χ1v) is 11.0. The minimum Gasteiger partial charge on any atom is -0.345 e. The average molecular weight is 422 g/mol. The Morgan fingerprint density at radius 1 is 1.32 bits per heavy atom. The molecule has 11 heteroatoms. The van der Waals surface area contributed by atoms with E-state index in [0.29, 0.717) is 38.4 Å². The number of piperazine rings is 1. The number of pyridine rings is 1. The molecule has 0 saturated carbocycles. The van der Waals surface area contributed by atoms with Gasteiger partial charge in [-0.15, -0.1) is 0 Å². The summed E-state index contributed by atoms with van der Waals surface area (Å²) in [7, 11) is -3.08. The molecule has 0 bridgehead atoms. The highest BCUT2D eigenvalue weighted by Crippen LogP contribution is 2.28. The Hall–Kier alpha value is -1.88. The van der Waals surface area contributed by atoms with Crippen molar-refractivity contribution in [3.63, 3.8) is 0 Å². The quantitative estimate of drug-likeness (QED) is 0.647. The minimum absolute atomic E-state index is 0.0292. The maximum atomic E-state index is 12.6. The first-order valence-electron chi connectivity index (χ1n) is 9.15. The Labute approximate surface area is 161 Å². The van der Waals surface area contributed by atoms with Gasteiger partial charge in [0.15, 0.2) is 16.4 Å². The van der Waals surface area contributed by atoms with Crippen molar-refractivity contribution < 1.29 is 36.3 Å². The number of nitrogens with one attached hydrogen (secondary N) is 3. The average Bonchev–Trinajstić information content (AvgIpc) is 2.87. The van der Waals surface area contributed by atoms with E-state index in [1.165, 1.54) is 6.07 Å². The number of nitrogens with zero attached hydrogens (tertiary/aromatic N) is 1. The summed E-state index contributed by atoms with van der Waals surface area (Å²) >= 11 is 0. The monoisotopic (exact) mass is 422 g/mol. The van der Waals surface area contributed by atoms with Crippen LogP contribution < -0.4 is 20.1 Å². The highest BCUT2D eigenvalue weighted by Gasteiger charge is 2.40. The molecule has 3 rings (SSSR count). The zero-order valence-electron chi connectivity index (χ0n) is 15.6. The van der Waals surface area contributed by atoms with Crippen LogP contribution in [0.2, 0.25) is 0 Å². The number of H-pyrrole nitrogens is 1. The molecule has 28 heavy (non-hydrogen) atoms. The van der Waals surface area contributed by atoms with Crippen LogP contribution in [0, 0.1) is 0 Å². The number of aromatic amines is 1. The molecule has 0 spiro atoms. The number of hydrogen-bond donors (Lipinski definition) is 2. The number of rotatable bonds is 4. The normalized spacial score (nSPS) is 25.6. The van der Waals surface area contributed by atoms with Crippen LogP contribution in [0.25, 0.3) is 0 Å². The molecule has 1 aromatic rings. The molecule has 2 fully saturated rings. The number of sulfone groups is 1. The lowest BCUT2D eigenvalue weighted by Crippen LogP contribution is -3.16. The second-order valence-corrected chi connectivity index (χ2v) is 10.0. The Balaban J connectivity index is 1.48. The molecule has 0 unspecified atom stereocenters. The van der Waals surface area contributed by atoms with Crippen molar-refractivity contribution in [2.45, 2.75) is 25.1 Å². The van der Waals surface area contributed by atoms with Gasteiger partial charge < -0.3 is 10.2 Å². The number of halogens is 3. The van der Waals surface area contributed by atoms with Crippen molar-refractivity contribution >= 4 is 21.6 Å². The summed E-state index contributed by atoms with van der Waals surface area (Å²) in [6.45, 7) is 4.55. The third kappa shape index (κ3) is 5.13. The van der Waals surface area contributed by atoms with Gasteiger partial charge in [0, 0.05) is 6.07 Å². The van der Waals surface area contributed by atoms with E-state index in [1.807, 2.05) is 4.90 Å². The Bertz CT molecular complexity index is 821. The largest absolute Gasteiger partial charge is 0.419 e. The zero-order valence-corrected chi connectivity index (χ0v) is 16.4. The van der Waals surface area contributed by atoms with Crippen LogP contribution in [-0.2, 0) is 20.8 Å². The van der Waals surface area contributed by atoms with Crippen LogP contribution in [0.1, 0.15) is 18.9 Å². The summed E-state index contributed by atoms with van der Waals surface area (Å²) in [4.78, 5) is 18.0. The Kier molecular flexibility index (Phi) is 5.59. The third-order valence-electron chi connectivity index (χ3n) is 5.29. The minimum atomic E-state index is -4.37. The topological polar surface area (TPSA) is 85.1 Å². The summed E-state index contributed by atoms with van der Waals surface area (Å²) in [5, 5.41) is 2.86. The zero-order chi connectivity index (χ0) is 20.6. The number of amides is 1. The predicted octanol–water partition coefficient (Wildman–Crippen LogP) is -1.08. The van der Waals surface area contributed by atoms with Gasteiger partial charge in [-0.05, 0) is 19.4 Å². The maximum absolute atomic E-state index is 12.6. The molecular weight excluding hydrogens is 397 g/mol. The van der Waals surface area contributed by atoms with Crippen molar-refractivity contribution in [2.24, 2.45) is 0 Å². The second-order valence-electron chi connectivity index (χ2n) is 7.83. The lowest BCUT2D eigenvalue weighted by Gasteiger charge is -2.29. The fraction of sp³-hybridized carbons (Fsp3) is 0.647. The molecule has 0 aromatic carbocycles. The summed E-state index contributed by atoms with van der Waals surface area (Å²) in [6.07, 6.45) is -2.99. The fourth-order valence-electron chi connectivity index (χ4n) is 3.75. The SMILES string of the molecule is C[C@@]1(NC(=O)C[NH+]2CCN(c3ccc(C(F)(F)F)c[nH+]3)CC2)CCS(=O)(=O)C1. The summed E-state index contributed by atoms with van der Waals surface area (Å²) in [5.41, 5.74) is -1.42. The van der Waals surface area contributed by atoms with Crippen LogP contribution in [0.15, 0.2) is 18.3 Å². The highest BCUT2D eigenvalue weighted by atomic mass is 32.2. The molecule has 3 N–H and O–H groups in total. The molecule has 3 heterocycles. The molecule has 1 amide bonds. The van der Waals surface area contributed by atoms with Crippen LogP contribution in [0.5, 0.6) is 0 Å². The summed E-state index contributed by atoms with van der Waals surface area (Å²) in [6, 6.07) is 2.47. The molecule has 1 aromatic heterocycles. The number of alkyl halides is 3. The predicted molar refractivity (Wildman–Crippen MR) is 95.6 cm³/mol. The van der Waals surface area contributed by atoms with Gasteiger partial charge in [-0.1, -0.05) is 0 Å². The second kappa shape index (κ2) is 7.51. The van der Waals surface area contributed by atoms with E-state index in [0.717, 1.165) is 17.2 Å². The van der Waals surface area contributed by atoms with Gasteiger partial charge in [-0.2, -0.15) is 13.2 Å². The van der Waals surface area contributed by atoms with Gasteiger partial charge in [0.05, 0.1) is 22.6 Å². The van der Waals surface area contributed by atoms with Crippen molar-refractivity contribution in [3.8, 4) is 0 Å². The smallest absolute Gasteiger partial charge is 0.345 e. The van der Waals surface area contributed by atoms with E-state index in [2.05, 4.69) is 10.3 Å². The molecule has 2 aliphatic heterocycles. The molecule has 156 valence electrons. The van der Waals surface area contributed by atoms with E-state index in [9.17, 15) is 26.4 Å². The van der Waals surface area contributed by atoms with Crippen LogP contribution in [-0.4, -0.2) is 64.1 Å². The highest BCUT2D eigenvalue weighted by molar-refractivity contribution is 7.91. The van der Waals surface area contributed by atoms with Crippen LogP contribution >= 0.6 is 0 Å². The van der Waals surface area contributed by atoms with E-state index < -0.39 is 27.1 Å². The summed E-state index contributed by atoms with van der Waals surface area (Å²) in [5.74, 6) is 0.502. The van der Waals surface area contributed by atoms with E-state index >= 15 is 0 Å².